The Morgan fingerprint density at radius 1 is 1.58 bits per heavy atom. The van der Waals surface area contributed by atoms with E-state index in [1.165, 1.54) is 0 Å². The van der Waals surface area contributed by atoms with Crippen LogP contribution in [0.2, 0.25) is 0 Å². The highest BCUT2D eigenvalue weighted by Crippen LogP contribution is 2.33. The lowest BCUT2D eigenvalue weighted by Gasteiger charge is -2.23. The van der Waals surface area contributed by atoms with E-state index in [-0.39, 0.29) is 11.4 Å². The Hall–Kier alpha value is -1.82. The minimum absolute atomic E-state index is 0.0105. The van der Waals surface area contributed by atoms with Crippen molar-refractivity contribution >= 4 is 17.1 Å². The van der Waals surface area contributed by atoms with Crippen LogP contribution in [0.3, 0.4) is 0 Å². The van der Waals surface area contributed by atoms with Gasteiger partial charge in [-0.25, -0.2) is 0 Å². The van der Waals surface area contributed by atoms with Crippen molar-refractivity contribution in [2.75, 3.05) is 44.4 Å². The summed E-state index contributed by atoms with van der Waals surface area (Å²) in [5.74, 6) is 0.552. The number of hydrogen-bond acceptors (Lipinski definition) is 5. The molecule has 1 fully saturated rings. The molecule has 104 valence electrons. The number of nitro groups is 1. The monoisotopic (exact) mass is 264 g/mol. The molecule has 0 aliphatic carbocycles. The summed E-state index contributed by atoms with van der Waals surface area (Å²) in [6.07, 6.45) is 1.14. The van der Waals surface area contributed by atoms with Crippen molar-refractivity contribution < 1.29 is 4.92 Å². The molecule has 1 aromatic carbocycles. The zero-order valence-electron chi connectivity index (χ0n) is 11.4. The molecule has 1 unspecified atom stereocenters. The molecule has 6 heteroatoms. The van der Waals surface area contributed by atoms with Crippen molar-refractivity contribution in [2.24, 2.45) is 5.92 Å². The van der Waals surface area contributed by atoms with Gasteiger partial charge in [-0.2, -0.15) is 0 Å². The van der Waals surface area contributed by atoms with Crippen LogP contribution in [-0.2, 0) is 0 Å². The summed E-state index contributed by atoms with van der Waals surface area (Å²) in [7, 11) is 3.99. The van der Waals surface area contributed by atoms with E-state index in [1.54, 1.807) is 18.2 Å². The van der Waals surface area contributed by atoms with Crippen molar-refractivity contribution in [2.45, 2.75) is 6.42 Å². The second kappa shape index (κ2) is 5.44. The molecule has 0 saturated carbocycles. The molecule has 6 nitrogen and oxygen atoms in total. The zero-order valence-corrected chi connectivity index (χ0v) is 11.4. The summed E-state index contributed by atoms with van der Waals surface area (Å²) in [6, 6.07) is 5.08. The zero-order chi connectivity index (χ0) is 14.0. The van der Waals surface area contributed by atoms with Gasteiger partial charge < -0.3 is 15.5 Å². The van der Waals surface area contributed by atoms with Gasteiger partial charge in [-0.1, -0.05) is 6.07 Å². The maximum atomic E-state index is 11.1. The van der Waals surface area contributed by atoms with Crippen LogP contribution in [0.1, 0.15) is 6.42 Å². The van der Waals surface area contributed by atoms with Gasteiger partial charge in [0.2, 0.25) is 0 Å². The van der Waals surface area contributed by atoms with Crippen LogP contribution in [0.4, 0.5) is 17.1 Å². The molecule has 2 rings (SSSR count). The summed E-state index contributed by atoms with van der Waals surface area (Å²) in [6.45, 7) is 2.95. The lowest BCUT2D eigenvalue weighted by molar-refractivity contribution is -0.383. The second-order valence-electron chi connectivity index (χ2n) is 5.27. The number of nitrogen functional groups attached to an aromatic ring is 1. The van der Waals surface area contributed by atoms with Gasteiger partial charge in [-0.15, -0.1) is 0 Å². The predicted octanol–water partition coefficient (Wildman–Crippen LogP) is 1.56. The van der Waals surface area contributed by atoms with Crippen LogP contribution in [0.25, 0.3) is 0 Å². The Kier molecular flexibility index (Phi) is 3.90. The summed E-state index contributed by atoms with van der Waals surface area (Å²) >= 11 is 0. The number of benzene rings is 1. The van der Waals surface area contributed by atoms with Gasteiger partial charge in [0.1, 0.15) is 11.4 Å². The quantitative estimate of drug-likeness (QED) is 0.507. The maximum Gasteiger partial charge on any atom is 0.315 e. The number of nitrogens with two attached hydrogens (primary N) is 1. The largest absolute Gasteiger partial charge is 0.393 e. The lowest BCUT2D eigenvalue weighted by Crippen LogP contribution is -2.27. The topological polar surface area (TPSA) is 75.6 Å². The lowest BCUT2D eigenvalue weighted by atomic mass is 10.1. The van der Waals surface area contributed by atoms with Crippen molar-refractivity contribution in [1.29, 1.82) is 0 Å². The molecule has 0 radical (unpaired) electrons. The van der Waals surface area contributed by atoms with Crippen LogP contribution >= 0.6 is 0 Å². The van der Waals surface area contributed by atoms with Crippen molar-refractivity contribution in [3.63, 3.8) is 0 Å². The van der Waals surface area contributed by atoms with Gasteiger partial charge in [0.05, 0.1) is 4.92 Å². The first-order chi connectivity index (χ1) is 8.99. The number of hydrogen-bond donors (Lipinski definition) is 1. The molecular formula is C13H20N4O2. The molecule has 1 saturated heterocycles. The molecular weight excluding hydrogens is 244 g/mol. The number of nitro benzene ring substituents is 1. The normalized spacial score (nSPS) is 19.6. The van der Waals surface area contributed by atoms with E-state index in [1.807, 2.05) is 11.9 Å². The van der Waals surface area contributed by atoms with Gasteiger partial charge in [0, 0.05) is 20.1 Å². The Morgan fingerprint density at radius 2 is 2.32 bits per heavy atom. The highest BCUT2D eigenvalue weighted by Gasteiger charge is 2.25. The van der Waals surface area contributed by atoms with Gasteiger partial charge in [-0.05, 0) is 38.1 Å². The van der Waals surface area contributed by atoms with E-state index in [0.29, 0.717) is 11.6 Å². The molecule has 1 aromatic rings. The number of nitrogens with zero attached hydrogens (tertiary/aromatic N) is 3. The highest BCUT2D eigenvalue weighted by molar-refractivity contribution is 5.75. The molecule has 1 aliphatic rings. The van der Waals surface area contributed by atoms with Gasteiger partial charge in [-0.3, -0.25) is 10.1 Å². The molecule has 0 spiro atoms. The smallest absolute Gasteiger partial charge is 0.315 e. The van der Waals surface area contributed by atoms with Crippen molar-refractivity contribution in [1.82, 2.24) is 4.90 Å². The van der Waals surface area contributed by atoms with Gasteiger partial charge in [0.25, 0.3) is 0 Å². The number of rotatable bonds is 4. The van der Waals surface area contributed by atoms with Gasteiger partial charge >= 0.3 is 5.69 Å². The minimum atomic E-state index is -0.401. The summed E-state index contributed by atoms with van der Waals surface area (Å²) in [5, 5.41) is 11.1. The van der Waals surface area contributed by atoms with Crippen LogP contribution in [0.15, 0.2) is 18.2 Å². The Bertz CT molecular complexity index is 478. The Morgan fingerprint density at radius 3 is 2.89 bits per heavy atom. The number of para-hydroxylation sites is 1. The van der Waals surface area contributed by atoms with E-state index < -0.39 is 4.92 Å². The third kappa shape index (κ3) is 2.96. The fourth-order valence-corrected chi connectivity index (χ4v) is 2.72. The fraction of sp³-hybridized carbons (Fsp3) is 0.538. The number of anilines is 2. The van der Waals surface area contributed by atoms with E-state index in [0.717, 1.165) is 26.1 Å². The second-order valence-corrected chi connectivity index (χ2v) is 5.27. The van der Waals surface area contributed by atoms with Gasteiger partial charge in [0.15, 0.2) is 0 Å². The molecule has 19 heavy (non-hydrogen) atoms. The molecule has 0 bridgehead atoms. The first kappa shape index (κ1) is 13.6. The molecule has 0 aromatic heterocycles. The van der Waals surface area contributed by atoms with Crippen molar-refractivity contribution in [3.05, 3.63) is 28.3 Å². The van der Waals surface area contributed by atoms with E-state index in [4.69, 9.17) is 5.73 Å². The third-order valence-electron chi connectivity index (χ3n) is 3.66. The Labute approximate surface area is 112 Å². The molecule has 0 amide bonds. The molecule has 2 N–H and O–H groups in total. The predicted molar refractivity (Wildman–Crippen MR) is 76.4 cm³/mol. The van der Waals surface area contributed by atoms with Crippen molar-refractivity contribution in [3.8, 4) is 0 Å². The third-order valence-corrected chi connectivity index (χ3v) is 3.66. The highest BCUT2D eigenvalue weighted by atomic mass is 16.6. The van der Waals surface area contributed by atoms with E-state index in [2.05, 4.69) is 11.9 Å². The SMILES string of the molecule is CN1CCC(CN(C)c2cccc(N)c2[N+](=O)[O-])C1. The average molecular weight is 264 g/mol. The van der Waals surface area contributed by atoms with Crippen LogP contribution in [0, 0.1) is 16.0 Å². The standard InChI is InChI=1S/C13H20N4O2/c1-15-7-6-10(8-15)9-16(2)12-5-3-4-11(14)13(12)17(18)19/h3-5,10H,6-9,14H2,1-2H3. The summed E-state index contributed by atoms with van der Waals surface area (Å²) < 4.78 is 0. The summed E-state index contributed by atoms with van der Waals surface area (Å²) in [4.78, 5) is 15.0. The van der Waals surface area contributed by atoms with E-state index in [9.17, 15) is 10.1 Å². The molecule has 1 aliphatic heterocycles. The van der Waals surface area contributed by atoms with Crippen LogP contribution < -0.4 is 10.6 Å². The van der Waals surface area contributed by atoms with Crippen LogP contribution in [-0.4, -0.2) is 43.6 Å². The Balaban J connectivity index is 2.17. The summed E-state index contributed by atoms with van der Waals surface area (Å²) in [5.41, 5.74) is 6.54. The first-order valence-corrected chi connectivity index (χ1v) is 6.41. The molecule has 1 heterocycles. The average Bonchev–Trinajstić information content (AvgIpc) is 2.73. The minimum Gasteiger partial charge on any atom is -0.393 e. The van der Waals surface area contributed by atoms with Crippen LogP contribution in [0.5, 0.6) is 0 Å². The fourth-order valence-electron chi connectivity index (χ4n) is 2.72. The molecule has 1 atom stereocenters. The number of likely N-dealkylation sites (tertiary alicyclic amines) is 1. The maximum absolute atomic E-state index is 11.1. The van der Waals surface area contributed by atoms with E-state index >= 15 is 0 Å². The first-order valence-electron chi connectivity index (χ1n) is 6.41.